The van der Waals surface area contributed by atoms with Crippen molar-refractivity contribution in [3.8, 4) is 0 Å². The predicted octanol–water partition coefficient (Wildman–Crippen LogP) is -2.89. The molecule has 0 atom stereocenters. The molecule has 0 unspecified atom stereocenters. The fourth-order valence-electron chi connectivity index (χ4n) is 0. The molecule has 0 heterocycles. The summed E-state index contributed by atoms with van der Waals surface area (Å²) in [6.45, 7) is 0. The normalized spacial score (nSPS) is 0. The quantitative estimate of drug-likeness (QED) is 0.275. The van der Waals surface area contributed by atoms with Gasteiger partial charge >= 0.3 is 29.6 Å². The van der Waals surface area contributed by atoms with Gasteiger partial charge in [-0.2, -0.15) is 0 Å². The molecule has 5 heavy (non-hydrogen) atoms. The van der Waals surface area contributed by atoms with E-state index in [-0.39, 0.29) is 117 Å². The van der Waals surface area contributed by atoms with Crippen LogP contribution in [0.2, 0.25) is 0 Å². The van der Waals surface area contributed by atoms with E-state index in [9.17, 15) is 0 Å². The molecule has 0 saturated carbocycles. The predicted molar refractivity (Wildman–Crippen MR) is 1.11 cm³/mol. The van der Waals surface area contributed by atoms with Crippen molar-refractivity contribution in [1.29, 1.82) is 0 Å². The maximum absolute atomic E-state index is 0. The molecule has 0 aromatic carbocycles. The Morgan fingerprint density at radius 3 is 1.20 bits per heavy atom. The molecular weight excluding hydrogens is 569 g/mol. The summed E-state index contributed by atoms with van der Waals surface area (Å²) in [7, 11) is 0. The Labute approximate surface area is 114 Å². The van der Waals surface area contributed by atoms with Gasteiger partial charge in [0.25, 0.3) is 0 Å². The van der Waals surface area contributed by atoms with Gasteiger partial charge in [-0.15, -0.1) is 0 Å². The van der Waals surface area contributed by atoms with Gasteiger partial charge in [-0.25, -0.2) is 0 Å². The van der Waals surface area contributed by atoms with Gasteiger partial charge in [0.2, 0.25) is 0 Å². The molecule has 0 aromatic heterocycles. The molecule has 0 aliphatic rings. The second-order valence-corrected chi connectivity index (χ2v) is 0. The Bertz CT molecular complexity index is 15.5. The van der Waals surface area contributed by atoms with Crippen molar-refractivity contribution in [1.82, 2.24) is 0 Å². The molecular formula is HAuNaPdPtTi. The van der Waals surface area contributed by atoms with Crippen LogP contribution in [0.15, 0.2) is 0 Å². The van der Waals surface area contributed by atoms with Gasteiger partial charge in [-0.05, 0) is 0 Å². The number of rotatable bonds is 0. The third kappa shape index (κ3) is 18.2. The Kier molecular flexibility index (Phi) is 185. The minimum atomic E-state index is 0. The van der Waals surface area contributed by atoms with Crippen LogP contribution in [-0.4, -0.2) is 0 Å². The van der Waals surface area contributed by atoms with Crippen LogP contribution in [0, 0.1) is 0 Å². The Hall–Kier alpha value is 3.81. The molecule has 0 amide bonds. The van der Waals surface area contributed by atoms with E-state index in [2.05, 4.69) is 0 Å². The zero-order valence-corrected chi connectivity index (χ0v) is 12.0. The summed E-state index contributed by atoms with van der Waals surface area (Å²) in [5.74, 6) is 0. The second kappa shape index (κ2) is 25.0. The fourth-order valence-corrected chi connectivity index (χ4v) is 0. The Morgan fingerprint density at radius 1 is 1.20 bits per heavy atom. The van der Waals surface area contributed by atoms with E-state index in [1.165, 1.54) is 0 Å². The molecule has 0 rings (SSSR count). The Balaban J connectivity index is 0. The van der Waals surface area contributed by atoms with E-state index in [0.29, 0.717) is 0 Å². The zero-order chi connectivity index (χ0) is 0. The molecule has 0 spiro atoms. The summed E-state index contributed by atoms with van der Waals surface area (Å²) in [4.78, 5) is 0. The van der Waals surface area contributed by atoms with Crippen molar-refractivity contribution in [2.24, 2.45) is 0 Å². The number of hydrogen-bond acceptors (Lipinski definition) is 0. The molecule has 5 heteroatoms. The van der Waals surface area contributed by atoms with Crippen LogP contribution in [0.1, 0.15) is 1.43 Å². The van der Waals surface area contributed by atoms with Gasteiger partial charge in [0, 0.05) is 85.6 Å². The largest absolute Gasteiger partial charge is 1.00 e. The smallest absolute Gasteiger partial charge is 1.00 e. The molecule has 0 aliphatic carbocycles. The van der Waals surface area contributed by atoms with Crippen molar-refractivity contribution >= 4 is 0 Å². The van der Waals surface area contributed by atoms with Crippen molar-refractivity contribution in [3.63, 3.8) is 0 Å². The molecule has 0 nitrogen and oxygen atoms in total. The number of hydrogen-bond donors (Lipinski definition) is 0. The topological polar surface area (TPSA) is 0 Å². The van der Waals surface area contributed by atoms with E-state index in [4.69, 9.17) is 0 Å². The van der Waals surface area contributed by atoms with Crippen LogP contribution >= 0.6 is 0 Å². The van der Waals surface area contributed by atoms with E-state index < -0.39 is 0 Å². The average Bonchev–Trinajstić information content (AvgIpc) is 0. The van der Waals surface area contributed by atoms with E-state index >= 15 is 0 Å². The van der Waals surface area contributed by atoms with Gasteiger partial charge in [0.05, 0.1) is 0 Å². The summed E-state index contributed by atoms with van der Waals surface area (Å²) < 4.78 is 0. The minimum absolute atomic E-state index is 0. The summed E-state index contributed by atoms with van der Waals surface area (Å²) in [6, 6.07) is 0. The van der Waals surface area contributed by atoms with Gasteiger partial charge in [-0.1, -0.05) is 0 Å². The minimum Gasteiger partial charge on any atom is -1.00 e. The van der Waals surface area contributed by atoms with Crippen LogP contribution in [0.5, 0.6) is 0 Å². The van der Waals surface area contributed by atoms with Crippen LogP contribution in [0.25, 0.3) is 0 Å². The van der Waals surface area contributed by atoms with Gasteiger partial charge < -0.3 is 1.43 Å². The first-order chi connectivity index (χ1) is 0. The van der Waals surface area contributed by atoms with Crippen LogP contribution in [0.4, 0.5) is 0 Å². The van der Waals surface area contributed by atoms with Crippen molar-refractivity contribution in [3.05, 3.63) is 0 Å². The van der Waals surface area contributed by atoms with E-state index in [1.807, 2.05) is 0 Å². The standard InChI is InChI=1S/Au.Na.Pd.Pt.Ti.H/q;+1;;;;-1. The second-order valence-electron chi connectivity index (χ2n) is 0. The summed E-state index contributed by atoms with van der Waals surface area (Å²) in [5, 5.41) is 0. The molecule has 0 fully saturated rings. The maximum atomic E-state index is 0. The van der Waals surface area contributed by atoms with E-state index in [0.717, 1.165) is 0 Å². The monoisotopic (exact) mass is 570 g/mol. The maximum Gasteiger partial charge on any atom is 1.00 e. The fraction of sp³-hybridized carbons (Fsp3) is 0. The van der Waals surface area contributed by atoms with Crippen molar-refractivity contribution < 1.29 is 117 Å². The molecule has 0 N–H and O–H groups in total. The molecule has 0 bridgehead atoms. The Morgan fingerprint density at radius 2 is 1.20 bits per heavy atom. The van der Waals surface area contributed by atoms with Crippen molar-refractivity contribution in [2.75, 3.05) is 0 Å². The van der Waals surface area contributed by atoms with Gasteiger partial charge in [0.1, 0.15) is 0 Å². The molecule has 37 valence electrons. The van der Waals surface area contributed by atoms with Crippen LogP contribution in [-0.2, 0) is 85.6 Å². The van der Waals surface area contributed by atoms with Gasteiger partial charge in [-0.3, -0.25) is 0 Å². The van der Waals surface area contributed by atoms with Crippen LogP contribution in [0.3, 0.4) is 0 Å². The van der Waals surface area contributed by atoms with Crippen LogP contribution < -0.4 is 29.6 Å². The summed E-state index contributed by atoms with van der Waals surface area (Å²) >= 11 is 0. The van der Waals surface area contributed by atoms with E-state index in [1.54, 1.807) is 0 Å². The first-order valence-electron chi connectivity index (χ1n) is 0. The molecule has 0 aromatic rings. The molecule has 1 radical (unpaired) electrons. The summed E-state index contributed by atoms with van der Waals surface area (Å²) in [5.41, 5.74) is 0. The summed E-state index contributed by atoms with van der Waals surface area (Å²) in [6.07, 6.45) is 0. The molecule has 0 aliphatic heterocycles. The first kappa shape index (κ1) is 37.0. The molecule has 0 saturated heterocycles. The average molecular weight is 570 g/mol. The SMILES string of the molecule is [Au].[H-].[Na+].[Pd].[Pt].[Ti]. The van der Waals surface area contributed by atoms with Crippen molar-refractivity contribution in [2.45, 2.75) is 0 Å². The zero-order valence-electron chi connectivity index (χ0n) is 3.43. The first-order valence-corrected chi connectivity index (χ1v) is 0. The third-order valence-corrected chi connectivity index (χ3v) is 0. The third-order valence-electron chi connectivity index (χ3n) is 0. The van der Waals surface area contributed by atoms with Gasteiger partial charge in [0.15, 0.2) is 0 Å².